The zero-order chi connectivity index (χ0) is 22.3. The number of rotatable bonds is 7. The normalized spacial score (nSPS) is 16.0. The van der Waals surface area contributed by atoms with E-state index in [9.17, 15) is 27.6 Å². The van der Waals surface area contributed by atoms with Gasteiger partial charge in [-0.2, -0.15) is 13.2 Å². The van der Waals surface area contributed by atoms with E-state index < -0.39 is 36.4 Å². The fraction of sp³-hybridized carbons (Fsp3) is 0.368. The Hall–Kier alpha value is -3.37. The molecule has 1 amide bonds. The highest BCUT2D eigenvalue weighted by atomic mass is 19.4. The number of nitrogens with one attached hydrogen (secondary N) is 3. The molecule has 2 rings (SSSR count). The topological polar surface area (TPSA) is 134 Å². The molecule has 0 aromatic heterocycles. The number of hydrogen-bond donors (Lipinski definition) is 4. The SMILES string of the molecule is N=C(N)NCCCC=Cc1ccc2c(c1)NC(=O)C(CC(=O)OC(=O)C(F)(F)F)C2. The fourth-order valence-electron chi connectivity index (χ4n) is 2.82. The van der Waals surface area contributed by atoms with Gasteiger partial charge in [-0.15, -0.1) is 0 Å². The van der Waals surface area contributed by atoms with Crippen LogP contribution in [0.25, 0.3) is 6.08 Å². The molecule has 30 heavy (non-hydrogen) atoms. The van der Waals surface area contributed by atoms with Gasteiger partial charge in [-0.05, 0) is 36.5 Å². The average Bonchev–Trinajstić information content (AvgIpc) is 2.64. The number of amides is 1. The van der Waals surface area contributed by atoms with E-state index in [2.05, 4.69) is 15.4 Å². The molecule has 8 nitrogen and oxygen atoms in total. The third-order valence-electron chi connectivity index (χ3n) is 4.25. The Morgan fingerprint density at radius 3 is 2.77 bits per heavy atom. The molecule has 0 spiro atoms. The summed E-state index contributed by atoms with van der Waals surface area (Å²) >= 11 is 0. The Kier molecular flexibility index (Phi) is 7.56. The first-order valence-electron chi connectivity index (χ1n) is 9.06. The summed E-state index contributed by atoms with van der Waals surface area (Å²) in [5.41, 5.74) is 7.29. The predicted octanol–water partition coefficient (Wildman–Crippen LogP) is 2.10. The maximum absolute atomic E-state index is 12.2. The van der Waals surface area contributed by atoms with Gasteiger partial charge in [0.1, 0.15) is 0 Å². The minimum atomic E-state index is -5.27. The van der Waals surface area contributed by atoms with Crippen LogP contribution in [0.2, 0.25) is 0 Å². The van der Waals surface area contributed by atoms with E-state index in [1.165, 1.54) is 0 Å². The van der Waals surface area contributed by atoms with Crippen LogP contribution in [0, 0.1) is 11.3 Å². The number of anilines is 1. The lowest BCUT2D eigenvalue weighted by molar-refractivity contribution is -0.202. The summed E-state index contributed by atoms with van der Waals surface area (Å²) in [5.74, 6) is -5.54. The summed E-state index contributed by atoms with van der Waals surface area (Å²) < 4.78 is 40.2. The van der Waals surface area contributed by atoms with Gasteiger partial charge < -0.3 is 21.1 Å². The third-order valence-corrected chi connectivity index (χ3v) is 4.25. The molecule has 1 aromatic rings. The van der Waals surface area contributed by atoms with Crippen molar-refractivity contribution in [1.82, 2.24) is 5.32 Å². The number of benzene rings is 1. The van der Waals surface area contributed by atoms with Crippen molar-refractivity contribution in [1.29, 1.82) is 5.41 Å². The van der Waals surface area contributed by atoms with Gasteiger partial charge in [0.05, 0.1) is 12.3 Å². The van der Waals surface area contributed by atoms with Crippen molar-refractivity contribution < 1.29 is 32.3 Å². The second-order valence-corrected chi connectivity index (χ2v) is 6.66. The molecule has 162 valence electrons. The van der Waals surface area contributed by atoms with Gasteiger partial charge >= 0.3 is 18.1 Å². The van der Waals surface area contributed by atoms with E-state index in [-0.39, 0.29) is 12.4 Å². The van der Waals surface area contributed by atoms with Crippen molar-refractivity contribution in [2.75, 3.05) is 11.9 Å². The molecule has 1 aromatic carbocycles. The summed E-state index contributed by atoms with van der Waals surface area (Å²) in [6, 6.07) is 5.31. The molecule has 1 aliphatic rings. The minimum absolute atomic E-state index is 0.0806. The fourth-order valence-corrected chi connectivity index (χ4v) is 2.82. The van der Waals surface area contributed by atoms with E-state index in [0.717, 1.165) is 24.0 Å². The average molecular weight is 426 g/mol. The molecule has 0 saturated heterocycles. The van der Waals surface area contributed by atoms with Crippen LogP contribution in [-0.4, -0.2) is 36.5 Å². The predicted molar refractivity (Wildman–Crippen MR) is 102 cm³/mol. The summed E-state index contributed by atoms with van der Waals surface area (Å²) in [6.45, 7) is 0.582. The molecule has 0 fully saturated rings. The number of allylic oxidation sites excluding steroid dienone is 1. The third kappa shape index (κ3) is 6.90. The number of fused-ring (bicyclic) bond motifs is 1. The Morgan fingerprint density at radius 1 is 1.37 bits per heavy atom. The lowest BCUT2D eigenvalue weighted by Crippen LogP contribution is -2.34. The van der Waals surface area contributed by atoms with Crippen LogP contribution in [0.4, 0.5) is 18.9 Å². The quantitative estimate of drug-likeness (QED) is 0.173. The maximum atomic E-state index is 12.2. The maximum Gasteiger partial charge on any atom is 0.491 e. The first-order valence-corrected chi connectivity index (χ1v) is 9.06. The largest absolute Gasteiger partial charge is 0.491 e. The summed E-state index contributed by atoms with van der Waals surface area (Å²) in [6.07, 6.45) is -0.431. The molecule has 0 radical (unpaired) electrons. The van der Waals surface area contributed by atoms with E-state index >= 15 is 0 Å². The molecule has 5 N–H and O–H groups in total. The molecule has 0 saturated carbocycles. The monoisotopic (exact) mass is 426 g/mol. The van der Waals surface area contributed by atoms with Crippen molar-refractivity contribution in [3.05, 3.63) is 35.4 Å². The number of hydrogen-bond acceptors (Lipinski definition) is 5. The molecular formula is C19H21F3N4O4. The number of halogens is 3. The lowest BCUT2D eigenvalue weighted by atomic mass is 9.90. The molecule has 1 unspecified atom stereocenters. The molecule has 1 atom stereocenters. The van der Waals surface area contributed by atoms with E-state index in [1.54, 1.807) is 12.1 Å². The first kappa shape index (κ1) is 22.9. The number of guanidine groups is 1. The van der Waals surface area contributed by atoms with Gasteiger partial charge in [0.15, 0.2) is 5.96 Å². The number of nitrogens with two attached hydrogens (primary N) is 1. The molecule has 1 aliphatic heterocycles. The smallest absolute Gasteiger partial charge is 0.386 e. The second-order valence-electron chi connectivity index (χ2n) is 6.66. The van der Waals surface area contributed by atoms with E-state index in [1.807, 2.05) is 18.2 Å². The van der Waals surface area contributed by atoms with Crippen molar-refractivity contribution in [2.45, 2.75) is 31.9 Å². The van der Waals surface area contributed by atoms with Crippen LogP contribution >= 0.6 is 0 Å². The highest BCUT2D eigenvalue weighted by Gasteiger charge is 2.43. The Balaban J connectivity index is 1.91. The van der Waals surface area contributed by atoms with Crippen LogP contribution < -0.4 is 16.4 Å². The number of esters is 2. The van der Waals surface area contributed by atoms with E-state index in [0.29, 0.717) is 12.2 Å². The molecule has 11 heteroatoms. The highest BCUT2D eigenvalue weighted by molar-refractivity contribution is 5.99. The van der Waals surface area contributed by atoms with Crippen LogP contribution in [0.3, 0.4) is 0 Å². The van der Waals surface area contributed by atoms with Crippen LogP contribution in [0.1, 0.15) is 30.4 Å². The summed E-state index contributed by atoms with van der Waals surface area (Å²) in [7, 11) is 0. The number of ether oxygens (including phenoxy) is 1. The summed E-state index contributed by atoms with van der Waals surface area (Å²) in [5, 5.41) is 12.4. The van der Waals surface area contributed by atoms with Gasteiger partial charge in [0, 0.05) is 12.2 Å². The molecule has 1 heterocycles. The van der Waals surface area contributed by atoms with Crippen molar-refractivity contribution in [3.63, 3.8) is 0 Å². The standard InChI is InChI=1S/C19H21F3N4O4/c20-19(21,22)17(29)30-15(27)10-13-9-12-6-5-11(8-14(12)26-16(13)28)4-2-1-3-7-25-18(23)24/h2,4-6,8,13H,1,3,7,9-10H2,(H,26,28)(H4,23,24,25). The number of unbranched alkanes of at least 4 members (excludes halogenated alkanes) is 1. The number of carbonyl (C=O) groups excluding carboxylic acids is 3. The van der Waals surface area contributed by atoms with Gasteiger partial charge in [-0.3, -0.25) is 15.0 Å². The summed E-state index contributed by atoms with van der Waals surface area (Å²) in [4.78, 5) is 34.5. The molecular weight excluding hydrogens is 405 g/mol. The van der Waals surface area contributed by atoms with Crippen molar-refractivity contribution in [2.24, 2.45) is 11.7 Å². The highest BCUT2D eigenvalue weighted by Crippen LogP contribution is 2.29. The van der Waals surface area contributed by atoms with Crippen LogP contribution in [0.5, 0.6) is 0 Å². The van der Waals surface area contributed by atoms with Crippen LogP contribution in [-0.2, 0) is 25.5 Å². The lowest BCUT2D eigenvalue weighted by Gasteiger charge is -2.24. The zero-order valence-electron chi connectivity index (χ0n) is 15.8. The molecule has 0 bridgehead atoms. The Morgan fingerprint density at radius 2 is 2.10 bits per heavy atom. The van der Waals surface area contributed by atoms with Gasteiger partial charge in [0.25, 0.3) is 0 Å². The Labute approximate surface area is 170 Å². The van der Waals surface area contributed by atoms with Crippen molar-refractivity contribution >= 4 is 35.6 Å². The number of alkyl halides is 3. The first-order chi connectivity index (χ1) is 14.1. The van der Waals surface area contributed by atoms with Crippen molar-refractivity contribution in [3.8, 4) is 0 Å². The number of carbonyl (C=O) groups is 3. The van der Waals surface area contributed by atoms with Crippen LogP contribution in [0.15, 0.2) is 24.3 Å². The van der Waals surface area contributed by atoms with Gasteiger partial charge in [-0.1, -0.05) is 24.3 Å². The van der Waals surface area contributed by atoms with E-state index in [4.69, 9.17) is 11.1 Å². The van der Waals surface area contributed by atoms with Gasteiger partial charge in [-0.25, -0.2) is 4.79 Å². The minimum Gasteiger partial charge on any atom is -0.386 e. The van der Waals surface area contributed by atoms with Gasteiger partial charge in [0.2, 0.25) is 5.91 Å². The second kappa shape index (κ2) is 9.90. The zero-order valence-corrected chi connectivity index (χ0v) is 15.8. The Bertz CT molecular complexity index is 868. The molecule has 0 aliphatic carbocycles.